The number of hydrogen-bond donors (Lipinski definition) is 3. The van der Waals surface area contributed by atoms with Gasteiger partial charge < -0.3 is 10.6 Å². The number of carbonyl (C=O) groups is 3. The molecule has 28 heavy (non-hydrogen) atoms. The quantitative estimate of drug-likeness (QED) is 0.668. The fraction of sp³-hybridized carbons (Fsp3) is 0.526. The van der Waals surface area contributed by atoms with Crippen molar-refractivity contribution in [3.05, 3.63) is 35.4 Å². The van der Waals surface area contributed by atoms with E-state index in [0.29, 0.717) is 18.8 Å². The van der Waals surface area contributed by atoms with E-state index in [1.807, 2.05) is 0 Å². The molecule has 1 aromatic carbocycles. The predicted octanol–water partition coefficient (Wildman–Crippen LogP) is 2.15. The van der Waals surface area contributed by atoms with Gasteiger partial charge in [0, 0.05) is 17.7 Å². The summed E-state index contributed by atoms with van der Waals surface area (Å²) in [7, 11) is 0. The fourth-order valence-corrected chi connectivity index (χ4v) is 3.69. The summed E-state index contributed by atoms with van der Waals surface area (Å²) < 4.78 is 26.8. The van der Waals surface area contributed by atoms with Crippen molar-refractivity contribution in [2.75, 3.05) is 6.54 Å². The van der Waals surface area contributed by atoms with Crippen LogP contribution in [0.4, 0.5) is 13.6 Å². The standard InChI is InChI=1S/C19H24F2N4O3/c1-11-5-7-19(8-6-11)17(27)25(18(28)23-19)24-16(26)10-22-12(2)14-4-3-13(20)9-15(14)21/h3-4,9,11-12,22H,5-8,10H2,1-2H3,(H,23,28)(H,24,26)/t11?,12-,19?/m1/s1. The molecule has 1 aliphatic carbocycles. The Bertz CT molecular complexity index is 793. The summed E-state index contributed by atoms with van der Waals surface area (Å²) in [5.74, 6) is -1.97. The highest BCUT2D eigenvalue weighted by molar-refractivity contribution is 6.08. The molecule has 0 radical (unpaired) electrons. The molecule has 1 saturated carbocycles. The highest BCUT2D eigenvalue weighted by Gasteiger charge is 2.52. The van der Waals surface area contributed by atoms with Crippen LogP contribution in [0, 0.1) is 17.6 Å². The first-order valence-corrected chi connectivity index (χ1v) is 9.36. The molecule has 9 heteroatoms. The number of hydrazine groups is 1. The Morgan fingerprint density at radius 1 is 1.32 bits per heavy atom. The summed E-state index contributed by atoms with van der Waals surface area (Å²) in [6, 6.07) is 1.98. The van der Waals surface area contributed by atoms with Crippen LogP contribution in [0.5, 0.6) is 0 Å². The van der Waals surface area contributed by atoms with Crippen LogP contribution in [0.2, 0.25) is 0 Å². The Morgan fingerprint density at radius 3 is 2.64 bits per heavy atom. The first-order chi connectivity index (χ1) is 13.2. The van der Waals surface area contributed by atoms with E-state index in [1.165, 1.54) is 6.07 Å². The van der Waals surface area contributed by atoms with Crippen LogP contribution in [0.25, 0.3) is 0 Å². The smallest absolute Gasteiger partial charge is 0.322 e. The average Bonchev–Trinajstić information content (AvgIpc) is 2.86. The topological polar surface area (TPSA) is 90.5 Å². The Balaban J connectivity index is 1.56. The van der Waals surface area contributed by atoms with Crippen LogP contribution in [0.1, 0.15) is 51.1 Å². The van der Waals surface area contributed by atoms with Gasteiger partial charge in [-0.05, 0) is 44.6 Å². The maximum Gasteiger partial charge on any atom is 0.344 e. The third-order valence-electron chi connectivity index (χ3n) is 5.52. The lowest BCUT2D eigenvalue weighted by atomic mass is 9.77. The summed E-state index contributed by atoms with van der Waals surface area (Å²) in [4.78, 5) is 37.1. The van der Waals surface area contributed by atoms with E-state index in [-0.39, 0.29) is 12.1 Å². The molecule has 1 heterocycles. The molecule has 3 N–H and O–H groups in total. The number of amides is 4. The Morgan fingerprint density at radius 2 is 2.00 bits per heavy atom. The largest absolute Gasteiger partial charge is 0.344 e. The summed E-state index contributed by atoms with van der Waals surface area (Å²) in [6.45, 7) is 3.47. The van der Waals surface area contributed by atoms with Crippen LogP contribution in [0.3, 0.4) is 0 Å². The van der Waals surface area contributed by atoms with E-state index < -0.39 is 41.1 Å². The predicted molar refractivity (Wildman–Crippen MR) is 96.7 cm³/mol. The van der Waals surface area contributed by atoms with Crippen molar-refractivity contribution in [2.24, 2.45) is 5.92 Å². The normalized spacial score (nSPS) is 25.7. The third kappa shape index (κ3) is 3.99. The highest BCUT2D eigenvalue weighted by Crippen LogP contribution is 2.35. The Hall–Kier alpha value is -2.55. The molecular weight excluding hydrogens is 370 g/mol. The molecule has 152 valence electrons. The molecule has 2 aliphatic rings. The summed E-state index contributed by atoms with van der Waals surface area (Å²) >= 11 is 0. The van der Waals surface area contributed by atoms with E-state index in [0.717, 1.165) is 30.0 Å². The van der Waals surface area contributed by atoms with E-state index in [4.69, 9.17) is 0 Å². The molecule has 7 nitrogen and oxygen atoms in total. The van der Waals surface area contributed by atoms with E-state index in [9.17, 15) is 23.2 Å². The van der Waals surface area contributed by atoms with Crippen LogP contribution >= 0.6 is 0 Å². The molecule has 1 atom stereocenters. The van der Waals surface area contributed by atoms with Crippen molar-refractivity contribution in [3.8, 4) is 0 Å². The fourth-order valence-electron chi connectivity index (χ4n) is 3.69. The molecule has 1 aromatic rings. The number of benzene rings is 1. The molecule has 2 fully saturated rings. The SMILES string of the molecule is CC1CCC2(CC1)NC(=O)N(NC(=O)CN[C@H](C)c1ccc(F)cc1F)C2=O. The number of rotatable bonds is 5. The van der Waals surface area contributed by atoms with Gasteiger partial charge in [0.15, 0.2) is 0 Å². The molecule has 0 aromatic heterocycles. The van der Waals surface area contributed by atoms with Gasteiger partial charge in [-0.3, -0.25) is 15.0 Å². The molecule has 1 spiro atoms. The minimum Gasteiger partial charge on any atom is -0.322 e. The second-order valence-corrected chi connectivity index (χ2v) is 7.64. The average molecular weight is 394 g/mol. The number of carbonyl (C=O) groups excluding carboxylic acids is 3. The van der Waals surface area contributed by atoms with Crippen molar-refractivity contribution in [1.29, 1.82) is 0 Å². The lowest BCUT2D eigenvalue weighted by Crippen LogP contribution is -2.52. The first kappa shape index (κ1) is 20.2. The van der Waals surface area contributed by atoms with Gasteiger partial charge >= 0.3 is 6.03 Å². The van der Waals surface area contributed by atoms with Gasteiger partial charge in [-0.2, -0.15) is 5.01 Å². The number of halogens is 2. The van der Waals surface area contributed by atoms with Crippen molar-refractivity contribution >= 4 is 17.8 Å². The van der Waals surface area contributed by atoms with Crippen LogP contribution in [-0.2, 0) is 9.59 Å². The Kier molecular flexibility index (Phi) is 5.64. The highest BCUT2D eigenvalue weighted by atomic mass is 19.1. The second kappa shape index (κ2) is 7.83. The van der Waals surface area contributed by atoms with Crippen molar-refractivity contribution in [3.63, 3.8) is 0 Å². The van der Waals surface area contributed by atoms with Gasteiger partial charge in [0.1, 0.15) is 17.2 Å². The monoisotopic (exact) mass is 394 g/mol. The summed E-state index contributed by atoms with van der Waals surface area (Å²) in [5, 5.41) is 6.24. The van der Waals surface area contributed by atoms with Crippen LogP contribution in [0.15, 0.2) is 18.2 Å². The van der Waals surface area contributed by atoms with Gasteiger partial charge in [-0.1, -0.05) is 13.0 Å². The zero-order valence-corrected chi connectivity index (χ0v) is 15.9. The number of urea groups is 1. The van der Waals surface area contributed by atoms with Gasteiger partial charge in [-0.15, -0.1) is 0 Å². The zero-order valence-electron chi connectivity index (χ0n) is 15.9. The number of nitrogens with zero attached hydrogens (tertiary/aromatic N) is 1. The summed E-state index contributed by atoms with van der Waals surface area (Å²) in [6.07, 6.45) is 2.75. The summed E-state index contributed by atoms with van der Waals surface area (Å²) in [5.41, 5.74) is 1.58. The van der Waals surface area contributed by atoms with Gasteiger partial charge in [0.25, 0.3) is 11.8 Å². The number of hydrogen-bond acceptors (Lipinski definition) is 4. The molecular formula is C19H24F2N4O3. The molecule has 4 amide bonds. The van der Waals surface area contributed by atoms with Crippen molar-refractivity contribution in [1.82, 2.24) is 21.1 Å². The Labute approximate surface area is 161 Å². The third-order valence-corrected chi connectivity index (χ3v) is 5.52. The van der Waals surface area contributed by atoms with Crippen molar-refractivity contribution in [2.45, 2.75) is 51.1 Å². The van der Waals surface area contributed by atoms with Gasteiger partial charge in [0.2, 0.25) is 0 Å². The maximum atomic E-state index is 13.8. The minimum atomic E-state index is -0.936. The van der Waals surface area contributed by atoms with E-state index in [2.05, 4.69) is 23.0 Å². The lowest BCUT2D eigenvalue weighted by molar-refractivity contribution is -0.139. The van der Waals surface area contributed by atoms with Crippen molar-refractivity contribution < 1.29 is 23.2 Å². The van der Waals surface area contributed by atoms with E-state index >= 15 is 0 Å². The second-order valence-electron chi connectivity index (χ2n) is 7.64. The number of imide groups is 1. The van der Waals surface area contributed by atoms with Crippen LogP contribution in [-0.4, -0.2) is 34.9 Å². The van der Waals surface area contributed by atoms with Gasteiger partial charge in [-0.25, -0.2) is 13.6 Å². The van der Waals surface area contributed by atoms with E-state index in [1.54, 1.807) is 6.92 Å². The molecule has 0 bridgehead atoms. The first-order valence-electron chi connectivity index (χ1n) is 9.36. The minimum absolute atomic E-state index is 0.208. The maximum absolute atomic E-state index is 13.8. The van der Waals surface area contributed by atoms with Crippen LogP contribution < -0.4 is 16.1 Å². The molecule has 1 aliphatic heterocycles. The number of nitrogens with one attached hydrogen (secondary N) is 3. The molecule has 1 saturated heterocycles. The van der Waals surface area contributed by atoms with Gasteiger partial charge in [0.05, 0.1) is 6.54 Å². The molecule has 0 unspecified atom stereocenters. The lowest BCUT2D eigenvalue weighted by Gasteiger charge is -2.33. The zero-order chi connectivity index (χ0) is 20.5. The molecule has 3 rings (SSSR count).